The predicted molar refractivity (Wildman–Crippen MR) is 262 cm³/mol. The topological polar surface area (TPSA) is 25.8 Å². The van der Waals surface area contributed by atoms with E-state index < -0.39 is 0 Å². The summed E-state index contributed by atoms with van der Waals surface area (Å²) >= 11 is 0. The van der Waals surface area contributed by atoms with E-state index in [-0.39, 0.29) is 10.8 Å². The van der Waals surface area contributed by atoms with Crippen molar-refractivity contribution in [3.8, 4) is 78.4 Å². The minimum atomic E-state index is -0.253. The van der Waals surface area contributed by atoms with E-state index in [2.05, 4.69) is 227 Å². The van der Waals surface area contributed by atoms with Crippen molar-refractivity contribution in [1.29, 1.82) is 0 Å². The third-order valence-electron chi connectivity index (χ3n) is 14.0. The van der Waals surface area contributed by atoms with E-state index in [4.69, 9.17) is 9.97 Å². The first-order valence-corrected chi connectivity index (χ1v) is 22.0. The third-order valence-corrected chi connectivity index (χ3v) is 14.0. The van der Waals surface area contributed by atoms with Gasteiger partial charge in [-0.25, -0.2) is 9.97 Å². The molecule has 0 radical (unpaired) electrons. The quantitative estimate of drug-likeness (QED) is 0.167. The Kier molecular flexibility index (Phi) is 8.36. The molecule has 0 amide bonds. The van der Waals surface area contributed by atoms with E-state index in [9.17, 15) is 0 Å². The second-order valence-electron chi connectivity index (χ2n) is 17.8. The van der Waals surface area contributed by atoms with Gasteiger partial charge in [0, 0.05) is 27.5 Å². The molecule has 1 unspecified atom stereocenters. The smallest absolute Gasteiger partial charge is 0.160 e. The molecule has 1 aromatic heterocycles. The summed E-state index contributed by atoms with van der Waals surface area (Å²) < 4.78 is 0. The highest BCUT2D eigenvalue weighted by Crippen LogP contribution is 2.53. The van der Waals surface area contributed by atoms with Crippen molar-refractivity contribution in [2.75, 3.05) is 0 Å². The Labute approximate surface area is 369 Å². The molecule has 12 rings (SSSR count). The Hall–Kier alpha value is -7.68. The first-order chi connectivity index (χ1) is 30.9. The molecule has 0 N–H and O–H groups in total. The maximum absolute atomic E-state index is 5.31. The molecule has 0 spiro atoms. The molecule has 1 atom stereocenters. The van der Waals surface area contributed by atoms with Crippen LogP contribution >= 0.6 is 0 Å². The predicted octanol–water partition coefficient (Wildman–Crippen LogP) is 15.6. The van der Waals surface area contributed by atoms with Gasteiger partial charge in [-0.1, -0.05) is 202 Å². The fourth-order valence-electron chi connectivity index (χ4n) is 10.7. The number of aromatic nitrogens is 2. The Morgan fingerprint density at radius 1 is 0.302 bits per heavy atom. The lowest BCUT2D eigenvalue weighted by atomic mass is 9.74. The molecule has 9 aromatic carbocycles. The molecular weight excluding hydrogens is 761 g/mol. The van der Waals surface area contributed by atoms with Crippen molar-refractivity contribution in [2.24, 2.45) is 0 Å². The lowest BCUT2D eigenvalue weighted by molar-refractivity contribution is 0.660. The molecule has 2 aliphatic carbocycles. The van der Waals surface area contributed by atoms with Crippen molar-refractivity contribution in [3.63, 3.8) is 0 Å². The van der Waals surface area contributed by atoms with Crippen LogP contribution in [0.2, 0.25) is 0 Å². The number of fused-ring (bicyclic) bond motifs is 7. The average Bonchev–Trinajstić information content (AvgIpc) is 3.75. The van der Waals surface area contributed by atoms with Gasteiger partial charge in [0.2, 0.25) is 0 Å². The maximum atomic E-state index is 5.31. The molecule has 2 nitrogen and oxygen atoms in total. The first-order valence-electron chi connectivity index (χ1n) is 22.0. The zero-order chi connectivity index (χ0) is 42.3. The van der Waals surface area contributed by atoms with Crippen LogP contribution in [0.15, 0.2) is 212 Å². The van der Waals surface area contributed by atoms with Crippen molar-refractivity contribution < 1.29 is 0 Å². The van der Waals surface area contributed by atoms with Crippen LogP contribution in [0.1, 0.15) is 48.6 Å². The van der Waals surface area contributed by atoms with Crippen molar-refractivity contribution >= 4 is 10.8 Å². The van der Waals surface area contributed by atoms with Gasteiger partial charge in [-0.15, -0.1) is 0 Å². The fourth-order valence-corrected chi connectivity index (χ4v) is 10.7. The van der Waals surface area contributed by atoms with Crippen molar-refractivity contribution in [2.45, 2.75) is 31.6 Å². The van der Waals surface area contributed by atoms with Gasteiger partial charge in [-0.2, -0.15) is 0 Å². The van der Waals surface area contributed by atoms with Gasteiger partial charge >= 0.3 is 0 Å². The van der Waals surface area contributed by atoms with Gasteiger partial charge in [0.1, 0.15) is 0 Å². The van der Waals surface area contributed by atoms with Crippen LogP contribution in [0.25, 0.3) is 89.2 Å². The van der Waals surface area contributed by atoms with Gasteiger partial charge in [-0.3, -0.25) is 0 Å². The summed E-state index contributed by atoms with van der Waals surface area (Å²) in [5, 5.41) is 2.34. The zero-order valence-corrected chi connectivity index (χ0v) is 35.6. The van der Waals surface area contributed by atoms with E-state index in [1.165, 1.54) is 77.7 Å². The first kappa shape index (κ1) is 37.1. The largest absolute Gasteiger partial charge is 0.228 e. The highest BCUT2D eigenvalue weighted by atomic mass is 14.9. The minimum Gasteiger partial charge on any atom is -0.228 e. The molecule has 298 valence electrons. The number of rotatable bonds is 6. The lowest BCUT2D eigenvalue weighted by Gasteiger charge is -2.28. The molecular formula is C61H44N2. The van der Waals surface area contributed by atoms with Gasteiger partial charge in [0.25, 0.3) is 0 Å². The van der Waals surface area contributed by atoms with E-state index in [0.717, 1.165) is 33.5 Å². The molecule has 63 heavy (non-hydrogen) atoms. The average molecular weight is 805 g/mol. The minimum absolute atomic E-state index is 0.113. The normalized spacial score (nSPS) is 15.4. The SMILES string of the molecule is CC1(C)c2ccccc2-c2ccc(-c3cc(-c4ccc(-c5cccc(-c6ccc7c(c6)C(C)(c6ccccc6)c6ccccc6-7)c5)c5ccccc45)nc(-c4ccccc4)n3)cc21. The van der Waals surface area contributed by atoms with Crippen LogP contribution in [0, 0.1) is 0 Å². The van der Waals surface area contributed by atoms with E-state index >= 15 is 0 Å². The second-order valence-corrected chi connectivity index (χ2v) is 17.8. The molecule has 0 bridgehead atoms. The third kappa shape index (κ3) is 5.79. The van der Waals surface area contributed by atoms with Gasteiger partial charge < -0.3 is 0 Å². The molecule has 0 fully saturated rings. The zero-order valence-electron chi connectivity index (χ0n) is 35.6. The van der Waals surface area contributed by atoms with Crippen LogP contribution < -0.4 is 0 Å². The summed E-state index contributed by atoms with van der Waals surface area (Å²) in [6, 6.07) is 77.5. The summed E-state index contributed by atoms with van der Waals surface area (Å²) in [5.74, 6) is 0.716. The fraction of sp³-hybridized carbons (Fsp3) is 0.0820. The number of benzene rings is 9. The van der Waals surface area contributed by atoms with Gasteiger partial charge in [0.05, 0.1) is 11.4 Å². The molecule has 1 heterocycles. The molecule has 0 aliphatic heterocycles. The van der Waals surface area contributed by atoms with Crippen molar-refractivity contribution in [1.82, 2.24) is 9.97 Å². The highest BCUT2D eigenvalue weighted by Gasteiger charge is 2.41. The van der Waals surface area contributed by atoms with Crippen LogP contribution in [0.3, 0.4) is 0 Å². The lowest BCUT2D eigenvalue weighted by Crippen LogP contribution is -2.22. The Balaban J connectivity index is 0.965. The molecule has 2 aliphatic rings. The molecule has 2 heteroatoms. The molecule has 10 aromatic rings. The standard InChI is InChI=1S/C61H44N2/c1-60(2)53-27-14-12-25-48(53)50-32-30-43(37-55(50)60)57-38-58(63-59(62-57)39-17-6-4-7-18-39)52-34-33-45(46-23-10-11-24-47(46)52)42-20-16-19-40(35-42)41-29-31-51-49-26-13-15-28-54(49)61(3,56(51)36-41)44-21-8-5-9-22-44/h4-38H,1-3H3. The summed E-state index contributed by atoms with van der Waals surface area (Å²) in [4.78, 5) is 10.6. The van der Waals surface area contributed by atoms with Crippen molar-refractivity contribution in [3.05, 3.63) is 240 Å². The Morgan fingerprint density at radius 2 is 0.810 bits per heavy atom. The van der Waals surface area contributed by atoms with E-state index in [1.54, 1.807) is 0 Å². The van der Waals surface area contributed by atoms with Crippen LogP contribution in [0.4, 0.5) is 0 Å². The van der Waals surface area contributed by atoms with Crippen LogP contribution in [-0.4, -0.2) is 9.97 Å². The number of nitrogens with zero attached hydrogens (tertiary/aromatic N) is 2. The Bertz CT molecular complexity index is 3440. The van der Waals surface area contributed by atoms with Gasteiger partial charge in [-0.05, 0) is 114 Å². The monoisotopic (exact) mass is 804 g/mol. The summed E-state index contributed by atoms with van der Waals surface area (Å²) in [5.41, 5.74) is 21.4. The second kappa shape index (κ2) is 14.2. The van der Waals surface area contributed by atoms with E-state index in [0.29, 0.717) is 5.82 Å². The molecule has 0 saturated heterocycles. The Morgan fingerprint density at radius 3 is 1.59 bits per heavy atom. The van der Waals surface area contributed by atoms with E-state index in [1.807, 2.05) is 6.07 Å². The summed E-state index contributed by atoms with van der Waals surface area (Å²) in [6.07, 6.45) is 0. The number of hydrogen-bond acceptors (Lipinski definition) is 2. The van der Waals surface area contributed by atoms with Crippen LogP contribution in [-0.2, 0) is 10.8 Å². The van der Waals surface area contributed by atoms with Crippen LogP contribution in [0.5, 0.6) is 0 Å². The number of hydrogen-bond donors (Lipinski definition) is 0. The van der Waals surface area contributed by atoms with Gasteiger partial charge in [0.15, 0.2) is 5.82 Å². The summed E-state index contributed by atoms with van der Waals surface area (Å²) in [7, 11) is 0. The summed E-state index contributed by atoms with van der Waals surface area (Å²) in [6.45, 7) is 7.05. The maximum Gasteiger partial charge on any atom is 0.160 e. The molecule has 0 saturated carbocycles. The highest BCUT2D eigenvalue weighted by molar-refractivity contribution is 6.05.